The summed E-state index contributed by atoms with van der Waals surface area (Å²) in [5, 5.41) is 8.04. The molecule has 0 spiro atoms. The minimum Gasteiger partial charge on any atom is -0.339 e. The summed E-state index contributed by atoms with van der Waals surface area (Å²) in [5.41, 5.74) is 1.25. The highest BCUT2D eigenvalue weighted by molar-refractivity contribution is 5.92. The third kappa shape index (κ3) is 2.55. The van der Waals surface area contributed by atoms with Crippen LogP contribution in [-0.4, -0.2) is 48.8 Å². The number of rotatable bonds is 3. The first-order chi connectivity index (χ1) is 11.7. The van der Waals surface area contributed by atoms with Crippen molar-refractivity contribution < 1.29 is 9.32 Å². The van der Waals surface area contributed by atoms with E-state index < -0.39 is 0 Å². The van der Waals surface area contributed by atoms with Gasteiger partial charge >= 0.3 is 0 Å². The molecule has 0 aromatic carbocycles. The van der Waals surface area contributed by atoms with Crippen molar-refractivity contribution in [3.8, 4) is 11.5 Å². The predicted octanol–water partition coefficient (Wildman–Crippen LogP) is 1.49. The number of hydrogen-bond acceptors (Lipinski definition) is 6. The highest BCUT2D eigenvalue weighted by Crippen LogP contribution is 2.28. The molecule has 1 amide bonds. The topological polar surface area (TPSA) is 89.9 Å². The van der Waals surface area contributed by atoms with Crippen molar-refractivity contribution in [3.63, 3.8) is 0 Å². The molecule has 1 atom stereocenters. The van der Waals surface area contributed by atoms with Gasteiger partial charge in [-0.1, -0.05) is 11.2 Å². The van der Waals surface area contributed by atoms with Crippen LogP contribution in [0.5, 0.6) is 0 Å². The van der Waals surface area contributed by atoms with Gasteiger partial charge in [-0.25, -0.2) is 0 Å². The fourth-order valence-electron chi connectivity index (χ4n) is 2.89. The Kier molecular flexibility index (Phi) is 3.56. The molecule has 8 nitrogen and oxygen atoms in total. The number of amides is 1. The highest BCUT2D eigenvalue weighted by Gasteiger charge is 2.32. The molecule has 1 aliphatic heterocycles. The van der Waals surface area contributed by atoms with Gasteiger partial charge in [-0.3, -0.25) is 14.5 Å². The normalized spacial score (nSPS) is 17.4. The first kappa shape index (κ1) is 14.6. The molecule has 24 heavy (non-hydrogen) atoms. The minimum absolute atomic E-state index is 0.0260. The van der Waals surface area contributed by atoms with Crippen molar-refractivity contribution in [3.05, 3.63) is 48.2 Å². The van der Waals surface area contributed by atoms with Crippen LogP contribution in [0, 0.1) is 0 Å². The molecule has 0 radical (unpaired) electrons. The number of nitrogens with zero attached hydrogens (tertiary/aromatic N) is 6. The van der Waals surface area contributed by atoms with Gasteiger partial charge in [-0.05, 0) is 24.6 Å². The average Bonchev–Trinajstić information content (AvgIpc) is 3.35. The first-order valence-corrected chi connectivity index (χ1v) is 7.74. The summed E-state index contributed by atoms with van der Waals surface area (Å²) in [7, 11) is 1.76. The standard InChI is InChI=1S/C16H16N6O2/c1-21-13(5-8-18-21)16(23)22-9-6-11(10-22)15-19-14(20-24-15)12-4-2-3-7-17-12/h2-5,7-8,11H,6,9-10H2,1H3/t11-/m1/s1. The Labute approximate surface area is 138 Å². The molecular formula is C16H16N6O2. The molecule has 0 bridgehead atoms. The number of aryl methyl sites for hydroxylation is 1. The molecule has 4 heterocycles. The second-order valence-electron chi connectivity index (χ2n) is 5.75. The van der Waals surface area contributed by atoms with Crippen LogP contribution in [0.3, 0.4) is 0 Å². The monoisotopic (exact) mass is 324 g/mol. The molecule has 3 aromatic heterocycles. The molecular weight excluding hydrogens is 308 g/mol. The smallest absolute Gasteiger partial charge is 0.272 e. The van der Waals surface area contributed by atoms with Gasteiger partial charge in [0.05, 0.1) is 5.92 Å². The summed E-state index contributed by atoms with van der Waals surface area (Å²) >= 11 is 0. The Balaban J connectivity index is 1.49. The third-order valence-corrected chi connectivity index (χ3v) is 4.20. The molecule has 122 valence electrons. The predicted molar refractivity (Wildman–Crippen MR) is 84.0 cm³/mol. The van der Waals surface area contributed by atoms with Crippen LogP contribution in [0.2, 0.25) is 0 Å². The largest absolute Gasteiger partial charge is 0.339 e. The van der Waals surface area contributed by atoms with Gasteiger partial charge in [0.2, 0.25) is 11.7 Å². The summed E-state index contributed by atoms with van der Waals surface area (Å²) < 4.78 is 6.97. The van der Waals surface area contributed by atoms with E-state index in [-0.39, 0.29) is 11.8 Å². The summed E-state index contributed by atoms with van der Waals surface area (Å²) in [5.74, 6) is 1.05. The Bertz CT molecular complexity index is 856. The zero-order valence-electron chi connectivity index (χ0n) is 13.2. The SMILES string of the molecule is Cn1nccc1C(=O)N1CC[C@@H](c2nc(-c3ccccn3)no2)C1. The van der Waals surface area contributed by atoms with Gasteiger partial charge in [-0.15, -0.1) is 0 Å². The molecule has 0 saturated carbocycles. The lowest BCUT2D eigenvalue weighted by molar-refractivity contribution is 0.0778. The van der Waals surface area contributed by atoms with Crippen molar-refractivity contribution in [1.82, 2.24) is 29.8 Å². The maximum atomic E-state index is 12.5. The minimum atomic E-state index is -0.0260. The van der Waals surface area contributed by atoms with E-state index in [2.05, 4.69) is 20.2 Å². The van der Waals surface area contributed by atoms with Crippen molar-refractivity contribution in [2.75, 3.05) is 13.1 Å². The molecule has 3 aromatic rings. The van der Waals surface area contributed by atoms with Crippen LogP contribution < -0.4 is 0 Å². The lowest BCUT2D eigenvalue weighted by Crippen LogP contribution is -2.30. The van der Waals surface area contributed by atoms with E-state index in [1.165, 1.54) is 0 Å². The average molecular weight is 324 g/mol. The number of aromatic nitrogens is 5. The maximum absolute atomic E-state index is 12.5. The molecule has 4 rings (SSSR count). The zero-order valence-corrected chi connectivity index (χ0v) is 13.2. The lowest BCUT2D eigenvalue weighted by Gasteiger charge is -2.15. The Hall–Kier alpha value is -3.03. The second-order valence-corrected chi connectivity index (χ2v) is 5.75. The van der Waals surface area contributed by atoms with Crippen molar-refractivity contribution in [1.29, 1.82) is 0 Å². The van der Waals surface area contributed by atoms with Crippen molar-refractivity contribution >= 4 is 5.91 Å². The van der Waals surface area contributed by atoms with Crippen LogP contribution >= 0.6 is 0 Å². The van der Waals surface area contributed by atoms with Crippen LogP contribution in [0.4, 0.5) is 0 Å². The molecule has 8 heteroatoms. The van der Waals surface area contributed by atoms with E-state index in [0.717, 1.165) is 6.42 Å². The Morgan fingerprint density at radius 1 is 1.29 bits per heavy atom. The number of carbonyl (C=O) groups excluding carboxylic acids is 1. The van der Waals surface area contributed by atoms with Gasteiger partial charge in [-0.2, -0.15) is 10.1 Å². The van der Waals surface area contributed by atoms with Crippen LogP contribution in [-0.2, 0) is 7.05 Å². The molecule has 1 fully saturated rings. The van der Waals surface area contributed by atoms with E-state index in [4.69, 9.17) is 4.52 Å². The number of pyridine rings is 1. The van der Waals surface area contributed by atoms with Gasteiger partial charge in [0.15, 0.2) is 0 Å². The fraction of sp³-hybridized carbons (Fsp3) is 0.312. The highest BCUT2D eigenvalue weighted by atomic mass is 16.5. The summed E-state index contributed by atoms with van der Waals surface area (Å²) in [6.07, 6.45) is 4.11. The van der Waals surface area contributed by atoms with E-state index in [1.54, 1.807) is 35.1 Å². The summed E-state index contributed by atoms with van der Waals surface area (Å²) in [6, 6.07) is 7.27. The summed E-state index contributed by atoms with van der Waals surface area (Å²) in [4.78, 5) is 23.0. The van der Waals surface area contributed by atoms with Gasteiger partial charge in [0.1, 0.15) is 11.4 Å². The lowest BCUT2D eigenvalue weighted by atomic mass is 10.1. The van der Waals surface area contributed by atoms with Crippen LogP contribution in [0.15, 0.2) is 41.2 Å². The number of hydrogen-bond donors (Lipinski definition) is 0. The van der Waals surface area contributed by atoms with Crippen LogP contribution in [0.1, 0.15) is 28.7 Å². The van der Waals surface area contributed by atoms with Crippen molar-refractivity contribution in [2.45, 2.75) is 12.3 Å². The van der Waals surface area contributed by atoms with E-state index in [1.807, 2.05) is 18.2 Å². The van der Waals surface area contributed by atoms with E-state index >= 15 is 0 Å². The zero-order chi connectivity index (χ0) is 16.5. The molecule has 1 aliphatic rings. The Morgan fingerprint density at radius 3 is 2.96 bits per heavy atom. The Morgan fingerprint density at radius 2 is 2.21 bits per heavy atom. The van der Waals surface area contributed by atoms with Crippen LogP contribution in [0.25, 0.3) is 11.5 Å². The van der Waals surface area contributed by atoms with E-state index in [9.17, 15) is 4.79 Å². The number of carbonyl (C=O) groups is 1. The van der Waals surface area contributed by atoms with Gasteiger partial charge in [0.25, 0.3) is 5.91 Å². The fourth-order valence-corrected chi connectivity index (χ4v) is 2.89. The quantitative estimate of drug-likeness (QED) is 0.725. The van der Waals surface area contributed by atoms with E-state index in [0.29, 0.717) is 36.2 Å². The molecule has 1 saturated heterocycles. The second kappa shape index (κ2) is 5.88. The third-order valence-electron chi connectivity index (χ3n) is 4.20. The maximum Gasteiger partial charge on any atom is 0.272 e. The first-order valence-electron chi connectivity index (χ1n) is 7.74. The van der Waals surface area contributed by atoms with Gasteiger partial charge in [0, 0.05) is 32.5 Å². The molecule has 0 N–H and O–H groups in total. The summed E-state index contributed by atoms with van der Waals surface area (Å²) in [6.45, 7) is 1.23. The number of likely N-dealkylation sites (tertiary alicyclic amines) is 1. The molecule has 0 unspecified atom stereocenters. The van der Waals surface area contributed by atoms with Crippen molar-refractivity contribution in [2.24, 2.45) is 7.05 Å². The van der Waals surface area contributed by atoms with Gasteiger partial charge < -0.3 is 9.42 Å². The molecule has 0 aliphatic carbocycles.